The van der Waals surface area contributed by atoms with Gasteiger partial charge in [0.1, 0.15) is 0 Å². The summed E-state index contributed by atoms with van der Waals surface area (Å²) in [5.41, 5.74) is 3.85. The van der Waals surface area contributed by atoms with E-state index in [2.05, 4.69) is 41.2 Å². The van der Waals surface area contributed by atoms with Crippen LogP contribution in [0.25, 0.3) is 0 Å². The Hall–Kier alpha value is -1.61. The number of amides is 1. The SMILES string of the molecule is CCC(C)c1ccccc1NC(=O)c1ccc(C)c(Br)c1. The molecular formula is C18H20BrNO. The third-order valence-electron chi connectivity index (χ3n) is 3.79. The minimum Gasteiger partial charge on any atom is -0.322 e. The Balaban J connectivity index is 2.25. The van der Waals surface area contributed by atoms with Crippen molar-refractivity contribution >= 4 is 27.5 Å². The lowest BCUT2D eigenvalue weighted by Crippen LogP contribution is -2.14. The molecule has 0 aliphatic heterocycles. The summed E-state index contributed by atoms with van der Waals surface area (Å²) in [7, 11) is 0. The van der Waals surface area contributed by atoms with Crippen LogP contribution in [0, 0.1) is 6.92 Å². The first-order valence-corrected chi connectivity index (χ1v) is 7.98. The third kappa shape index (κ3) is 3.73. The highest BCUT2D eigenvalue weighted by Gasteiger charge is 2.12. The zero-order valence-electron chi connectivity index (χ0n) is 12.6. The Bertz CT molecular complexity index is 651. The fourth-order valence-corrected chi connectivity index (χ4v) is 2.57. The molecular weight excluding hydrogens is 326 g/mol. The van der Waals surface area contributed by atoms with Gasteiger partial charge in [-0.05, 0) is 48.6 Å². The van der Waals surface area contributed by atoms with E-state index < -0.39 is 0 Å². The second kappa shape index (κ2) is 6.90. The summed E-state index contributed by atoms with van der Waals surface area (Å²) in [5, 5.41) is 3.03. The molecule has 21 heavy (non-hydrogen) atoms. The number of rotatable bonds is 4. The van der Waals surface area contributed by atoms with Gasteiger partial charge in [-0.25, -0.2) is 0 Å². The van der Waals surface area contributed by atoms with Crippen LogP contribution in [0.1, 0.15) is 47.7 Å². The zero-order valence-corrected chi connectivity index (χ0v) is 14.2. The third-order valence-corrected chi connectivity index (χ3v) is 4.64. The quantitative estimate of drug-likeness (QED) is 0.776. The molecule has 2 rings (SSSR count). The normalized spacial score (nSPS) is 12.0. The molecule has 0 fully saturated rings. The lowest BCUT2D eigenvalue weighted by Gasteiger charge is -2.15. The van der Waals surface area contributed by atoms with E-state index in [1.807, 2.05) is 43.3 Å². The number of carbonyl (C=O) groups is 1. The van der Waals surface area contributed by atoms with Crippen LogP contribution in [0.15, 0.2) is 46.9 Å². The van der Waals surface area contributed by atoms with Gasteiger partial charge in [0.25, 0.3) is 5.91 Å². The maximum Gasteiger partial charge on any atom is 0.255 e. The summed E-state index contributed by atoms with van der Waals surface area (Å²) >= 11 is 3.47. The Morgan fingerprint density at radius 3 is 2.62 bits per heavy atom. The highest BCUT2D eigenvalue weighted by Crippen LogP contribution is 2.27. The van der Waals surface area contributed by atoms with Gasteiger partial charge in [0.2, 0.25) is 0 Å². The van der Waals surface area contributed by atoms with Crippen molar-refractivity contribution in [2.24, 2.45) is 0 Å². The molecule has 3 heteroatoms. The molecule has 1 unspecified atom stereocenters. The van der Waals surface area contributed by atoms with Crippen LogP contribution in [0.5, 0.6) is 0 Å². The van der Waals surface area contributed by atoms with E-state index in [1.165, 1.54) is 5.56 Å². The first-order valence-electron chi connectivity index (χ1n) is 7.19. The predicted molar refractivity (Wildman–Crippen MR) is 92.0 cm³/mol. The second-order valence-electron chi connectivity index (χ2n) is 5.31. The fraction of sp³-hybridized carbons (Fsp3) is 0.278. The maximum atomic E-state index is 12.4. The lowest BCUT2D eigenvalue weighted by atomic mass is 9.97. The Kier molecular flexibility index (Phi) is 5.18. The number of benzene rings is 2. The number of para-hydroxylation sites is 1. The number of hydrogen-bond acceptors (Lipinski definition) is 1. The van der Waals surface area contributed by atoms with Crippen molar-refractivity contribution in [2.45, 2.75) is 33.1 Å². The number of hydrogen-bond donors (Lipinski definition) is 1. The van der Waals surface area contributed by atoms with Crippen LogP contribution in [0.4, 0.5) is 5.69 Å². The number of halogens is 1. The average Bonchev–Trinajstić information content (AvgIpc) is 2.49. The van der Waals surface area contributed by atoms with Crippen molar-refractivity contribution in [3.8, 4) is 0 Å². The van der Waals surface area contributed by atoms with Gasteiger partial charge in [0.15, 0.2) is 0 Å². The smallest absolute Gasteiger partial charge is 0.255 e. The second-order valence-corrected chi connectivity index (χ2v) is 6.17. The summed E-state index contributed by atoms with van der Waals surface area (Å²) in [4.78, 5) is 12.4. The molecule has 0 spiro atoms. The minimum atomic E-state index is -0.0774. The molecule has 0 aliphatic carbocycles. The van der Waals surface area contributed by atoms with Crippen LogP contribution >= 0.6 is 15.9 Å². The predicted octanol–water partition coefficient (Wildman–Crippen LogP) is 5.52. The van der Waals surface area contributed by atoms with E-state index >= 15 is 0 Å². The lowest BCUT2D eigenvalue weighted by molar-refractivity contribution is 0.102. The van der Waals surface area contributed by atoms with Crippen LogP contribution in [0.3, 0.4) is 0 Å². The van der Waals surface area contributed by atoms with E-state index in [0.29, 0.717) is 11.5 Å². The summed E-state index contributed by atoms with van der Waals surface area (Å²) in [5.74, 6) is 0.345. The first kappa shape index (κ1) is 15.8. The van der Waals surface area contributed by atoms with Gasteiger partial charge in [-0.2, -0.15) is 0 Å². The molecule has 0 heterocycles. The van der Waals surface area contributed by atoms with Crippen molar-refractivity contribution in [1.82, 2.24) is 0 Å². The molecule has 0 radical (unpaired) electrons. The highest BCUT2D eigenvalue weighted by atomic mass is 79.9. The molecule has 0 aromatic heterocycles. The largest absolute Gasteiger partial charge is 0.322 e. The Morgan fingerprint density at radius 2 is 1.95 bits per heavy atom. The molecule has 0 aliphatic rings. The van der Waals surface area contributed by atoms with Crippen molar-refractivity contribution in [3.05, 3.63) is 63.6 Å². The molecule has 1 atom stereocenters. The van der Waals surface area contributed by atoms with Crippen LogP contribution in [-0.4, -0.2) is 5.91 Å². The van der Waals surface area contributed by atoms with Crippen molar-refractivity contribution in [3.63, 3.8) is 0 Å². The Morgan fingerprint density at radius 1 is 1.24 bits per heavy atom. The summed E-state index contributed by atoms with van der Waals surface area (Å²) in [6.07, 6.45) is 1.04. The summed E-state index contributed by atoms with van der Waals surface area (Å²) < 4.78 is 0.949. The van der Waals surface area contributed by atoms with E-state index in [4.69, 9.17) is 0 Å². The standard InChI is InChI=1S/C18H20BrNO/c1-4-12(2)15-7-5-6-8-17(15)20-18(21)14-10-9-13(3)16(19)11-14/h5-12H,4H2,1-3H3,(H,20,21). The van der Waals surface area contributed by atoms with Gasteiger partial charge in [0, 0.05) is 15.7 Å². The monoisotopic (exact) mass is 345 g/mol. The topological polar surface area (TPSA) is 29.1 Å². The number of nitrogens with one attached hydrogen (secondary N) is 1. The van der Waals surface area contributed by atoms with Gasteiger partial charge in [-0.15, -0.1) is 0 Å². The highest BCUT2D eigenvalue weighted by molar-refractivity contribution is 9.10. The molecule has 2 aromatic rings. The average molecular weight is 346 g/mol. The van der Waals surface area contributed by atoms with E-state index in [9.17, 15) is 4.79 Å². The summed E-state index contributed by atoms with van der Waals surface area (Å²) in [6, 6.07) is 13.7. The molecule has 1 N–H and O–H groups in total. The van der Waals surface area contributed by atoms with Crippen molar-refractivity contribution in [2.75, 3.05) is 5.32 Å². The molecule has 2 aromatic carbocycles. The molecule has 0 saturated heterocycles. The molecule has 110 valence electrons. The summed E-state index contributed by atoms with van der Waals surface area (Å²) in [6.45, 7) is 6.33. The van der Waals surface area contributed by atoms with Gasteiger partial charge >= 0.3 is 0 Å². The van der Waals surface area contributed by atoms with Gasteiger partial charge in [-0.3, -0.25) is 4.79 Å². The van der Waals surface area contributed by atoms with E-state index in [-0.39, 0.29) is 5.91 Å². The van der Waals surface area contributed by atoms with Crippen molar-refractivity contribution < 1.29 is 4.79 Å². The Labute approximate surface area is 134 Å². The molecule has 0 bridgehead atoms. The van der Waals surface area contributed by atoms with Gasteiger partial charge in [-0.1, -0.05) is 54.0 Å². The first-order chi connectivity index (χ1) is 10.0. The zero-order chi connectivity index (χ0) is 15.4. The molecule has 2 nitrogen and oxygen atoms in total. The number of aryl methyl sites for hydroxylation is 1. The van der Waals surface area contributed by atoms with Crippen molar-refractivity contribution in [1.29, 1.82) is 0 Å². The molecule has 1 amide bonds. The van der Waals surface area contributed by atoms with E-state index in [0.717, 1.165) is 22.1 Å². The number of anilines is 1. The van der Waals surface area contributed by atoms with Gasteiger partial charge < -0.3 is 5.32 Å². The van der Waals surface area contributed by atoms with Gasteiger partial charge in [0.05, 0.1) is 0 Å². The van der Waals surface area contributed by atoms with Crippen LogP contribution in [0.2, 0.25) is 0 Å². The fourth-order valence-electron chi connectivity index (χ4n) is 2.19. The van der Waals surface area contributed by atoms with E-state index in [1.54, 1.807) is 0 Å². The number of carbonyl (C=O) groups excluding carboxylic acids is 1. The molecule has 0 saturated carbocycles. The minimum absolute atomic E-state index is 0.0774. The maximum absolute atomic E-state index is 12.4. The van der Waals surface area contributed by atoms with Crippen LogP contribution in [-0.2, 0) is 0 Å². The van der Waals surface area contributed by atoms with Crippen LogP contribution < -0.4 is 5.32 Å².